The molecule has 1 aliphatic rings. The molecular formula is C12H13ClN2O2S. The molecule has 2 N–H and O–H groups in total. The van der Waals surface area contributed by atoms with Gasteiger partial charge in [0.05, 0.1) is 6.61 Å². The van der Waals surface area contributed by atoms with E-state index < -0.39 is 0 Å². The number of hydrogen-bond donors (Lipinski definition) is 2. The van der Waals surface area contributed by atoms with Gasteiger partial charge in [-0.2, -0.15) is 0 Å². The molecule has 96 valence electrons. The average Bonchev–Trinajstić information content (AvgIpc) is 2.35. The lowest BCUT2D eigenvalue weighted by atomic mass is 10.3. The van der Waals surface area contributed by atoms with E-state index in [9.17, 15) is 4.79 Å². The monoisotopic (exact) mass is 284 g/mol. The first kappa shape index (κ1) is 13.1. The first-order valence-corrected chi connectivity index (χ1v) is 6.81. The van der Waals surface area contributed by atoms with Gasteiger partial charge < -0.3 is 10.1 Å². The molecule has 4 nitrogen and oxygen atoms in total. The maximum atomic E-state index is 11.8. The van der Waals surface area contributed by atoms with E-state index in [1.54, 1.807) is 36.0 Å². The van der Waals surface area contributed by atoms with E-state index in [2.05, 4.69) is 10.6 Å². The van der Waals surface area contributed by atoms with E-state index in [0.717, 1.165) is 16.5 Å². The third-order valence-electron chi connectivity index (χ3n) is 2.30. The molecule has 1 heterocycles. The summed E-state index contributed by atoms with van der Waals surface area (Å²) in [5.74, 6) is 1.59. The van der Waals surface area contributed by atoms with Crippen molar-refractivity contribution in [2.45, 2.75) is 6.92 Å². The fraction of sp³-hybridized carbons (Fsp3) is 0.250. The Morgan fingerprint density at radius 3 is 2.72 bits per heavy atom. The molecular weight excluding hydrogens is 272 g/mol. The van der Waals surface area contributed by atoms with Gasteiger partial charge in [-0.3, -0.25) is 5.32 Å². The summed E-state index contributed by atoms with van der Waals surface area (Å²) in [7, 11) is 0. The van der Waals surface area contributed by atoms with Crippen LogP contribution in [0.4, 0.5) is 10.5 Å². The van der Waals surface area contributed by atoms with Crippen LogP contribution in [0, 0.1) is 0 Å². The molecule has 0 spiro atoms. The van der Waals surface area contributed by atoms with Crippen molar-refractivity contribution >= 4 is 35.1 Å². The Morgan fingerprint density at radius 1 is 1.33 bits per heavy atom. The minimum atomic E-state index is -0.287. The lowest BCUT2D eigenvalue weighted by molar-refractivity contribution is 0.225. The smallest absolute Gasteiger partial charge is 0.324 e. The minimum Gasteiger partial charge on any atom is -0.495 e. The number of ether oxygens (including phenoxy) is 1. The van der Waals surface area contributed by atoms with Crippen LogP contribution in [-0.2, 0) is 4.74 Å². The van der Waals surface area contributed by atoms with Gasteiger partial charge in [0.15, 0.2) is 0 Å². The molecule has 0 atom stereocenters. The van der Waals surface area contributed by atoms with E-state index in [1.165, 1.54) is 0 Å². The van der Waals surface area contributed by atoms with Crippen LogP contribution in [0.5, 0.6) is 0 Å². The van der Waals surface area contributed by atoms with E-state index in [4.69, 9.17) is 16.3 Å². The summed E-state index contributed by atoms with van der Waals surface area (Å²) in [4.78, 5) is 11.8. The van der Waals surface area contributed by atoms with Crippen LogP contribution >= 0.6 is 23.4 Å². The van der Waals surface area contributed by atoms with Crippen molar-refractivity contribution in [2.24, 2.45) is 0 Å². The van der Waals surface area contributed by atoms with Gasteiger partial charge in [-0.25, -0.2) is 4.79 Å². The summed E-state index contributed by atoms with van der Waals surface area (Å²) >= 11 is 7.34. The van der Waals surface area contributed by atoms with E-state index in [1.807, 2.05) is 6.92 Å². The van der Waals surface area contributed by atoms with Crippen LogP contribution in [0.2, 0.25) is 5.02 Å². The molecule has 6 heteroatoms. The van der Waals surface area contributed by atoms with Gasteiger partial charge in [0.1, 0.15) is 10.8 Å². The number of amides is 2. The van der Waals surface area contributed by atoms with Gasteiger partial charge >= 0.3 is 6.03 Å². The zero-order chi connectivity index (χ0) is 13.0. The fourth-order valence-electron chi connectivity index (χ4n) is 1.43. The number of urea groups is 1. The highest BCUT2D eigenvalue weighted by atomic mass is 35.5. The number of allylic oxidation sites excluding steroid dienone is 1. The third-order valence-corrected chi connectivity index (χ3v) is 3.60. The van der Waals surface area contributed by atoms with Crippen LogP contribution in [0.25, 0.3) is 0 Å². The molecule has 0 radical (unpaired) electrons. The molecule has 0 unspecified atom stereocenters. The van der Waals surface area contributed by atoms with Crippen molar-refractivity contribution < 1.29 is 9.53 Å². The number of thioether (sulfide) groups is 1. The van der Waals surface area contributed by atoms with Gasteiger partial charge in [-0.1, -0.05) is 11.6 Å². The maximum Gasteiger partial charge on any atom is 0.324 e. The summed E-state index contributed by atoms with van der Waals surface area (Å²) in [6, 6.07) is 6.64. The Morgan fingerprint density at radius 2 is 2.06 bits per heavy atom. The van der Waals surface area contributed by atoms with Crippen molar-refractivity contribution in [3.63, 3.8) is 0 Å². The zero-order valence-corrected chi connectivity index (χ0v) is 11.4. The maximum absolute atomic E-state index is 11.8. The van der Waals surface area contributed by atoms with Gasteiger partial charge in [-0.15, -0.1) is 11.8 Å². The Kier molecular flexibility index (Phi) is 4.38. The van der Waals surface area contributed by atoms with Crippen LogP contribution < -0.4 is 10.6 Å². The van der Waals surface area contributed by atoms with E-state index in [0.29, 0.717) is 17.3 Å². The summed E-state index contributed by atoms with van der Waals surface area (Å²) in [5.41, 5.74) is 0.692. The van der Waals surface area contributed by atoms with E-state index >= 15 is 0 Å². The Balaban J connectivity index is 1.94. The quantitative estimate of drug-likeness (QED) is 0.875. The number of halogens is 1. The Bertz CT molecular complexity index is 473. The molecule has 0 saturated carbocycles. The second-order valence-corrected chi connectivity index (χ2v) is 5.21. The second kappa shape index (κ2) is 6.02. The second-order valence-electron chi connectivity index (χ2n) is 3.67. The predicted octanol–water partition coefficient (Wildman–Crippen LogP) is 3.41. The topological polar surface area (TPSA) is 50.4 Å². The summed E-state index contributed by atoms with van der Waals surface area (Å²) in [5, 5.41) is 6.88. The number of anilines is 1. The molecule has 2 rings (SSSR count). The number of carbonyl (C=O) groups excluding carboxylic acids is 1. The highest BCUT2D eigenvalue weighted by Crippen LogP contribution is 2.22. The third kappa shape index (κ3) is 3.58. The highest BCUT2D eigenvalue weighted by Gasteiger charge is 2.13. The number of carbonyl (C=O) groups is 1. The first-order chi connectivity index (χ1) is 8.65. The zero-order valence-electron chi connectivity index (χ0n) is 9.83. The van der Waals surface area contributed by atoms with Gasteiger partial charge in [0.25, 0.3) is 0 Å². The molecule has 1 aromatic carbocycles. The number of rotatable bonds is 2. The molecule has 0 fully saturated rings. The highest BCUT2D eigenvalue weighted by molar-refractivity contribution is 8.03. The SMILES string of the molecule is CC1=C(NC(=O)Nc2ccc(Cl)cc2)SCCO1. The Labute approximate surface area is 115 Å². The summed E-state index contributed by atoms with van der Waals surface area (Å²) in [6.45, 7) is 2.52. The van der Waals surface area contributed by atoms with E-state index in [-0.39, 0.29) is 6.03 Å². The molecule has 0 bridgehead atoms. The van der Waals surface area contributed by atoms with Crippen LogP contribution in [0.3, 0.4) is 0 Å². The first-order valence-electron chi connectivity index (χ1n) is 5.45. The van der Waals surface area contributed by atoms with Crippen LogP contribution in [0.1, 0.15) is 6.92 Å². The van der Waals surface area contributed by atoms with Crippen LogP contribution in [0.15, 0.2) is 35.1 Å². The number of hydrogen-bond acceptors (Lipinski definition) is 3. The summed E-state index contributed by atoms with van der Waals surface area (Å²) < 4.78 is 5.36. The van der Waals surface area contributed by atoms with Crippen molar-refractivity contribution in [3.05, 3.63) is 40.1 Å². The van der Waals surface area contributed by atoms with Crippen molar-refractivity contribution in [1.29, 1.82) is 0 Å². The molecule has 2 amide bonds. The minimum absolute atomic E-state index is 0.287. The van der Waals surface area contributed by atoms with Crippen molar-refractivity contribution in [1.82, 2.24) is 5.32 Å². The largest absolute Gasteiger partial charge is 0.495 e. The molecule has 0 aromatic heterocycles. The molecule has 1 aromatic rings. The lowest BCUT2D eigenvalue weighted by Gasteiger charge is -2.18. The fourth-order valence-corrected chi connectivity index (χ4v) is 2.35. The van der Waals surface area contributed by atoms with Crippen LogP contribution in [-0.4, -0.2) is 18.4 Å². The lowest BCUT2D eigenvalue weighted by Crippen LogP contribution is -2.29. The number of benzene rings is 1. The average molecular weight is 285 g/mol. The number of nitrogens with one attached hydrogen (secondary N) is 2. The van der Waals surface area contributed by atoms with Crippen molar-refractivity contribution in [2.75, 3.05) is 17.7 Å². The Hall–Kier alpha value is -1.33. The van der Waals surface area contributed by atoms with Crippen molar-refractivity contribution in [3.8, 4) is 0 Å². The normalized spacial score (nSPS) is 15.0. The standard InChI is InChI=1S/C12H13ClN2O2S/c1-8-11(18-7-6-17-8)15-12(16)14-10-4-2-9(13)3-5-10/h2-5H,6-7H2,1H3,(H2,14,15,16). The molecule has 0 saturated heterocycles. The molecule has 0 aliphatic carbocycles. The van der Waals surface area contributed by atoms with Gasteiger partial charge in [0.2, 0.25) is 0 Å². The molecule has 1 aliphatic heterocycles. The van der Waals surface area contributed by atoms with Gasteiger partial charge in [-0.05, 0) is 31.2 Å². The summed E-state index contributed by atoms with van der Waals surface area (Å²) in [6.07, 6.45) is 0. The van der Waals surface area contributed by atoms with Gasteiger partial charge in [0, 0.05) is 16.5 Å². The molecule has 18 heavy (non-hydrogen) atoms. The predicted molar refractivity (Wildman–Crippen MR) is 74.7 cm³/mol.